The lowest BCUT2D eigenvalue weighted by molar-refractivity contribution is 0.589. The van der Waals surface area contributed by atoms with Crippen LogP contribution in [0.3, 0.4) is 0 Å². The van der Waals surface area contributed by atoms with Gasteiger partial charge in [-0.3, -0.25) is 0 Å². The zero-order chi connectivity index (χ0) is 12.1. The molecular formula is C14H23NS. The van der Waals surface area contributed by atoms with E-state index in [1.165, 1.54) is 16.0 Å². The lowest BCUT2D eigenvalue weighted by Gasteiger charge is -2.16. The summed E-state index contributed by atoms with van der Waals surface area (Å²) in [5.74, 6) is 0. The van der Waals surface area contributed by atoms with Gasteiger partial charge in [0.05, 0.1) is 0 Å². The van der Waals surface area contributed by atoms with E-state index in [2.05, 4.69) is 58.1 Å². The van der Waals surface area contributed by atoms with Crippen molar-refractivity contribution in [2.45, 2.75) is 50.8 Å². The molecule has 0 heterocycles. The van der Waals surface area contributed by atoms with Crippen LogP contribution < -0.4 is 5.32 Å². The van der Waals surface area contributed by atoms with Crippen LogP contribution in [-0.4, -0.2) is 17.8 Å². The first-order chi connectivity index (χ1) is 7.49. The van der Waals surface area contributed by atoms with E-state index in [0.29, 0.717) is 11.3 Å². The molecule has 16 heavy (non-hydrogen) atoms. The molecule has 1 rings (SSSR count). The van der Waals surface area contributed by atoms with Crippen LogP contribution in [0.5, 0.6) is 0 Å². The Morgan fingerprint density at radius 3 is 2.50 bits per heavy atom. The third kappa shape index (κ3) is 4.58. The second-order valence-electron chi connectivity index (χ2n) is 4.76. The standard InChI is InChI=1S/C14H23NS/c1-10(2)15-9-13(5)16-14-8-11(3)6-7-12(14)4/h6-8,10,13,15H,9H2,1-5H3. The Labute approximate surface area is 104 Å². The van der Waals surface area contributed by atoms with E-state index in [4.69, 9.17) is 0 Å². The Hall–Kier alpha value is -0.470. The molecule has 0 saturated carbocycles. The maximum Gasteiger partial charge on any atom is 0.0191 e. The van der Waals surface area contributed by atoms with E-state index in [1.54, 1.807) is 0 Å². The van der Waals surface area contributed by atoms with Gasteiger partial charge in [0.1, 0.15) is 0 Å². The average molecular weight is 237 g/mol. The molecule has 0 bridgehead atoms. The lowest BCUT2D eigenvalue weighted by atomic mass is 10.2. The van der Waals surface area contributed by atoms with Gasteiger partial charge in [0.2, 0.25) is 0 Å². The summed E-state index contributed by atoms with van der Waals surface area (Å²) in [6, 6.07) is 7.24. The summed E-state index contributed by atoms with van der Waals surface area (Å²) in [4.78, 5) is 1.41. The van der Waals surface area contributed by atoms with Gasteiger partial charge in [0, 0.05) is 22.7 Å². The van der Waals surface area contributed by atoms with Crippen LogP contribution in [0.4, 0.5) is 0 Å². The van der Waals surface area contributed by atoms with Gasteiger partial charge in [0.15, 0.2) is 0 Å². The fraction of sp³-hybridized carbons (Fsp3) is 0.571. The van der Waals surface area contributed by atoms with Crippen molar-refractivity contribution in [2.75, 3.05) is 6.54 Å². The van der Waals surface area contributed by atoms with E-state index < -0.39 is 0 Å². The highest BCUT2D eigenvalue weighted by Gasteiger charge is 2.07. The summed E-state index contributed by atoms with van der Waals surface area (Å²) < 4.78 is 0. The average Bonchev–Trinajstić information content (AvgIpc) is 2.20. The maximum atomic E-state index is 3.48. The van der Waals surface area contributed by atoms with E-state index in [-0.39, 0.29) is 0 Å². The molecule has 0 saturated heterocycles. The van der Waals surface area contributed by atoms with Crippen molar-refractivity contribution in [1.82, 2.24) is 5.32 Å². The summed E-state index contributed by atoms with van der Waals surface area (Å²) >= 11 is 1.96. The Balaban J connectivity index is 2.55. The number of hydrogen-bond donors (Lipinski definition) is 1. The molecule has 0 spiro atoms. The van der Waals surface area contributed by atoms with Gasteiger partial charge < -0.3 is 5.32 Å². The molecule has 0 radical (unpaired) electrons. The Morgan fingerprint density at radius 1 is 1.19 bits per heavy atom. The third-order valence-corrected chi connectivity index (χ3v) is 3.75. The highest BCUT2D eigenvalue weighted by Crippen LogP contribution is 2.27. The van der Waals surface area contributed by atoms with Crippen LogP contribution in [0, 0.1) is 13.8 Å². The molecule has 1 atom stereocenters. The van der Waals surface area contributed by atoms with Gasteiger partial charge in [-0.25, -0.2) is 0 Å². The fourth-order valence-corrected chi connectivity index (χ4v) is 2.62. The highest BCUT2D eigenvalue weighted by molar-refractivity contribution is 8.00. The first-order valence-electron chi connectivity index (χ1n) is 5.96. The minimum Gasteiger partial charge on any atom is -0.313 e. The smallest absolute Gasteiger partial charge is 0.0191 e. The molecule has 0 aliphatic rings. The molecule has 90 valence electrons. The van der Waals surface area contributed by atoms with Crippen molar-refractivity contribution in [3.8, 4) is 0 Å². The molecule has 0 aromatic heterocycles. The van der Waals surface area contributed by atoms with Crippen LogP contribution in [0.25, 0.3) is 0 Å². The number of nitrogens with one attached hydrogen (secondary N) is 1. The van der Waals surface area contributed by atoms with Crippen LogP contribution >= 0.6 is 11.8 Å². The second kappa shape index (κ2) is 6.31. The summed E-state index contributed by atoms with van der Waals surface area (Å²) in [5, 5.41) is 4.09. The van der Waals surface area contributed by atoms with Crippen LogP contribution in [0.1, 0.15) is 31.9 Å². The molecule has 0 aliphatic carbocycles. The monoisotopic (exact) mass is 237 g/mol. The molecule has 0 amide bonds. The largest absolute Gasteiger partial charge is 0.313 e. The van der Waals surface area contributed by atoms with Gasteiger partial charge in [-0.15, -0.1) is 11.8 Å². The first kappa shape index (κ1) is 13.6. The van der Waals surface area contributed by atoms with Crippen molar-refractivity contribution in [3.63, 3.8) is 0 Å². The fourth-order valence-electron chi connectivity index (χ4n) is 1.49. The second-order valence-corrected chi connectivity index (χ2v) is 6.24. The van der Waals surface area contributed by atoms with Crippen molar-refractivity contribution >= 4 is 11.8 Å². The van der Waals surface area contributed by atoms with Gasteiger partial charge in [-0.2, -0.15) is 0 Å². The minimum atomic E-state index is 0.571. The Kier molecular flexibility index (Phi) is 5.36. The molecule has 1 aromatic rings. The highest BCUT2D eigenvalue weighted by atomic mass is 32.2. The molecule has 2 heteroatoms. The molecular weight excluding hydrogens is 214 g/mol. The van der Waals surface area contributed by atoms with Crippen LogP contribution in [0.15, 0.2) is 23.1 Å². The van der Waals surface area contributed by atoms with E-state index in [0.717, 1.165) is 6.54 Å². The van der Waals surface area contributed by atoms with Crippen molar-refractivity contribution in [2.24, 2.45) is 0 Å². The number of hydrogen-bond acceptors (Lipinski definition) is 2. The number of thioether (sulfide) groups is 1. The molecule has 0 aliphatic heterocycles. The molecule has 1 N–H and O–H groups in total. The summed E-state index contributed by atoms with van der Waals surface area (Å²) in [6.07, 6.45) is 0. The SMILES string of the molecule is Cc1ccc(C)c(SC(C)CNC(C)C)c1. The molecule has 0 fully saturated rings. The van der Waals surface area contributed by atoms with Gasteiger partial charge in [-0.1, -0.05) is 38.5 Å². The normalized spacial score (nSPS) is 13.1. The van der Waals surface area contributed by atoms with E-state index in [1.807, 2.05) is 11.8 Å². The van der Waals surface area contributed by atoms with Crippen LogP contribution in [0.2, 0.25) is 0 Å². The van der Waals surface area contributed by atoms with Crippen molar-refractivity contribution < 1.29 is 0 Å². The number of benzene rings is 1. The number of aryl methyl sites for hydroxylation is 2. The van der Waals surface area contributed by atoms with Gasteiger partial charge in [-0.05, 0) is 25.5 Å². The number of rotatable bonds is 5. The zero-order valence-electron chi connectivity index (χ0n) is 11.0. The Bertz CT molecular complexity index is 334. The van der Waals surface area contributed by atoms with E-state index in [9.17, 15) is 0 Å². The summed E-state index contributed by atoms with van der Waals surface area (Å²) in [7, 11) is 0. The predicted octanol–water partition coefficient (Wildman–Crippen LogP) is 3.78. The summed E-state index contributed by atoms with van der Waals surface area (Å²) in [6.45, 7) is 12.1. The van der Waals surface area contributed by atoms with Crippen LogP contribution in [-0.2, 0) is 0 Å². The third-order valence-electron chi connectivity index (χ3n) is 2.49. The minimum absolute atomic E-state index is 0.571. The van der Waals surface area contributed by atoms with E-state index >= 15 is 0 Å². The quantitative estimate of drug-likeness (QED) is 0.782. The van der Waals surface area contributed by atoms with Crippen molar-refractivity contribution in [1.29, 1.82) is 0 Å². The molecule has 1 aromatic carbocycles. The molecule has 1 unspecified atom stereocenters. The topological polar surface area (TPSA) is 12.0 Å². The summed E-state index contributed by atoms with van der Waals surface area (Å²) in [5.41, 5.74) is 2.73. The zero-order valence-corrected chi connectivity index (χ0v) is 11.8. The van der Waals surface area contributed by atoms with Gasteiger partial charge >= 0.3 is 0 Å². The predicted molar refractivity (Wildman–Crippen MR) is 74.4 cm³/mol. The van der Waals surface area contributed by atoms with Crippen molar-refractivity contribution in [3.05, 3.63) is 29.3 Å². The lowest BCUT2D eigenvalue weighted by Crippen LogP contribution is -2.29. The van der Waals surface area contributed by atoms with Gasteiger partial charge in [0.25, 0.3) is 0 Å². The molecule has 1 nitrogen and oxygen atoms in total. The Morgan fingerprint density at radius 2 is 1.88 bits per heavy atom. The maximum absolute atomic E-state index is 3.48. The first-order valence-corrected chi connectivity index (χ1v) is 6.84.